The van der Waals surface area contributed by atoms with Gasteiger partial charge in [0, 0.05) is 13.1 Å². The van der Waals surface area contributed by atoms with E-state index in [2.05, 4.69) is 17.6 Å². The predicted octanol–water partition coefficient (Wildman–Crippen LogP) is 6.72. The first kappa shape index (κ1) is 25.3. The van der Waals surface area contributed by atoms with E-state index in [-0.39, 0.29) is 6.03 Å². The van der Waals surface area contributed by atoms with Crippen LogP contribution in [-0.4, -0.2) is 24.2 Å². The van der Waals surface area contributed by atoms with Crippen LogP contribution in [0, 0.1) is 0 Å². The number of urea groups is 1. The molecule has 1 aromatic carbocycles. The second-order valence-electron chi connectivity index (χ2n) is 8.20. The standard InChI is InChI=1S/C25H44N2O2/c1-2-3-4-5-6-7-8-9-10-11-12-14-21-26-25(29)27-22-15-13-16-23-17-19-24(28)20-18-23/h17-20,28H,2-16,21-22H2,1H3,(H2,26,27,29). The Bertz CT molecular complexity index is 502. The average Bonchev–Trinajstić information content (AvgIpc) is 2.72. The normalized spacial score (nSPS) is 10.8. The van der Waals surface area contributed by atoms with Gasteiger partial charge in [0.25, 0.3) is 0 Å². The van der Waals surface area contributed by atoms with Gasteiger partial charge in [0.1, 0.15) is 5.75 Å². The monoisotopic (exact) mass is 404 g/mol. The van der Waals surface area contributed by atoms with E-state index in [1.165, 1.54) is 76.2 Å². The van der Waals surface area contributed by atoms with E-state index in [1.807, 2.05) is 12.1 Å². The Morgan fingerprint density at radius 2 is 1.14 bits per heavy atom. The Kier molecular flexibility index (Phi) is 16.0. The number of amides is 2. The van der Waals surface area contributed by atoms with Gasteiger partial charge in [0.2, 0.25) is 0 Å². The molecule has 2 amide bonds. The number of carbonyl (C=O) groups is 1. The van der Waals surface area contributed by atoms with Crippen LogP contribution < -0.4 is 10.6 Å². The molecule has 4 nitrogen and oxygen atoms in total. The van der Waals surface area contributed by atoms with Gasteiger partial charge in [-0.2, -0.15) is 0 Å². The molecule has 0 aromatic heterocycles. The number of hydrogen-bond acceptors (Lipinski definition) is 2. The molecular formula is C25H44N2O2. The molecule has 0 saturated heterocycles. The second-order valence-corrected chi connectivity index (χ2v) is 8.20. The summed E-state index contributed by atoms with van der Waals surface area (Å²) in [5.41, 5.74) is 1.22. The molecular weight excluding hydrogens is 360 g/mol. The Morgan fingerprint density at radius 1 is 0.690 bits per heavy atom. The average molecular weight is 405 g/mol. The molecule has 0 saturated carbocycles. The molecule has 0 radical (unpaired) electrons. The van der Waals surface area contributed by atoms with Crippen LogP contribution in [0.1, 0.15) is 102 Å². The zero-order valence-corrected chi connectivity index (χ0v) is 18.7. The number of hydrogen-bond donors (Lipinski definition) is 3. The summed E-state index contributed by atoms with van der Waals surface area (Å²) in [6.45, 7) is 3.75. The number of carbonyl (C=O) groups excluding carboxylic acids is 1. The SMILES string of the molecule is CCCCCCCCCCCCCCNC(=O)NCCCCc1ccc(O)cc1. The summed E-state index contributed by atoms with van der Waals surface area (Å²) in [6, 6.07) is 7.29. The molecule has 0 unspecified atom stereocenters. The Hall–Kier alpha value is -1.71. The van der Waals surface area contributed by atoms with Crippen molar-refractivity contribution < 1.29 is 9.90 Å². The summed E-state index contributed by atoms with van der Waals surface area (Å²) < 4.78 is 0. The highest BCUT2D eigenvalue weighted by atomic mass is 16.3. The van der Waals surface area contributed by atoms with Crippen molar-refractivity contribution in [3.63, 3.8) is 0 Å². The first-order valence-corrected chi connectivity index (χ1v) is 12.0. The van der Waals surface area contributed by atoms with Gasteiger partial charge in [0.15, 0.2) is 0 Å². The fourth-order valence-corrected chi connectivity index (χ4v) is 3.55. The van der Waals surface area contributed by atoms with Gasteiger partial charge in [-0.3, -0.25) is 0 Å². The molecule has 0 aliphatic carbocycles. The number of rotatable bonds is 18. The summed E-state index contributed by atoms with van der Waals surface area (Å²) in [5.74, 6) is 0.306. The maximum atomic E-state index is 11.8. The van der Waals surface area contributed by atoms with Crippen LogP contribution in [-0.2, 0) is 6.42 Å². The number of aromatic hydroxyl groups is 1. The van der Waals surface area contributed by atoms with Gasteiger partial charge in [0.05, 0.1) is 0 Å². The van der Waals surface area contributed by atoms with Crippen molar-refractivity contribution >= 4 is 6.03 Å². The minimum Gasteiger partial charge on any atom is -0.508 e. The number of phenols is 1. The van der Waals surface area contributed by atoms with Crippen LogP contribution in [0.3, 0.4) is 0 Å². The van der Waals surface area contributed by atoms with E-state index in [9.17, 15) is 9.90 Å². The lowest BCUT2D eigenvalue weighted by Gasteiger charge is -2.08. The smallest absolute Gasteiger partial charge is 0.314 e. The van der Waals surface area contributed by atoms with Gasteiger partial charge in [-0.1, -0.05) is 89.7 Å². The first-order valence-electron chi connectivity index (χ1n) is 12.0. The highest BCUT2D eigenvalue weighted by Gasteiger charge is 2.00. The van der Waals surface area contributed by atoms with Crippen molar-refractivity contribution in [2.75, 3.05) is 13.1 Å². The van der Waals surface area contributed by atoms with Crippen molar-refractivity contribution in [3.05, 3.63) is 29.8 Å². The van der Waals surface area contributed by atoms with Crippen molar-refractivity contribution in [1.82, 2.24) is 10.6 Å². The van der Waals surface area contributed by atoms with E-state index < -0.39 is 0 Å². The zero-order chi connectivity index (χ0) is 21.0. The van der Waals surface area contributed by atoms with E-state index in [4.69, 9.17) is 0 Å². The topological polar surface area (TPSA) is 61.4 Å². The Morgan fingerprint density at radius 3 is 1.66 bits per heavy atom. The van der Waals surface area contributed by atoms with E-state index in [1.54, 1.807) is 12.1 Å². The molecule has 4 heteroatoms. The summed E-state index contributed by atoms with van der Waals surface area (Å²) >= 11 is 0. The molecule has 0 atom stereocenters. The quantitative estimate of drug-likeness (QED) is 0.238. The van der Waals surface area contributed by atoms with E-state index >= 15 is 0 Å². The zero-order valence-electron chi connectivity index (χ0n) is 18.7. The molecule has 0 bridgehead atoms. The molecule has 0 spiro atoms. The third-order valence-electron chi connectivity index (χ3n) is 5.43. The van der Waals surface area contributed by atoms with Crippen molar-refractivity contribution in [3.8, 4) is 5.75 Å². The van der Waals surface area contributed by atoms with Gasteiger partial charge in [-0.15, -0.1) is 0 Å². The highest BCUT2D eigenvalue weighted by molar-refractivity contribution is 5.73. The fourth-order valence-electron chi connectivity index (χ4n) is 3.55. The predicted molar refractivity (Wildman–Crippen MR) is 124 cm³/mol. The van der Waals surface area contributed by atoms with E-state index in [0.717, 1.165) is 32.2 Å². The Labute approximate surface area is 178 Å². The lowest BCUT2D eigenvalue weighted by Crippen LogP contribution is -2.36. The molecule has 166 valence electrons. The van der Waals surface area contributed by atoms with Crippen LogP contribution in [0.5, 0.6) is 5.75 Å². The van der Waals surface area contributed by atoms with Crippen molar-refractivity contribution in [2.24, 2.45) is 0 Å². The number of nitrogens with one attached hydrogen (secondary N) is 2. The van der Waals surface area contributed by atoms with E-state index in [0.29, 0.717) is 12.3 Å². The minimum absolute atomic E-state index is 0.0438. The largest absolute Gasteiger partial charge is 0.508 e. The summed E-state index contributed by atoms with van der Waals surface area (Å²) in [6.07, 6.45) is 19.0. The lowest BCUT2D eigenvalue weighted by atomic mass is 10.1. The van der Waals surface area contributed by atoms with Crippen LogP contribution in [0.4, 0.5) is 4.79 Å². The van der Waals surface area contributed by atoms with Gasteiger partial charge in [-0.25, -0.2) is 4.79 Å². The summed E-state index contributed by atoms with van der Waals surface area (Å²) in [4.78, 5) is 11.8. The third-order valence-corrected chi connectivity index (χ3v) is 5.43. The molecule has 0 fully saturated rings. The molecule has 0 aliphatic heterocycles. The van der Waals surface area contributed by atoms with Gasteiger partial charge >= 0.3 is 6.03 Å². The van der Waals surface area contributed by atoms with Gasteiger partial charge < -0.3 is 15.7 Å². The van der Waals surface area contributed by atoms with Gasteiger partial charge in [-0.05, 0) is 43.4 Å². The maximum absolute atomic E-state index is 11.8. The third kappa shape index (κ3) is 15.8. The number of unbranched alkanes of at least 4 members (excludes halogenated alkanes) is 12. The second kappa shape index (κ2) is 18.3. The van der Waals surface area contributed by atoms with Crippen molar-refractivity contribution in [1.29, 1.82) is 0 Å². The van der Waals surface area contributed by atoms with Crippen molar-refractivity contribution in [2.45, 2.75) is 103 Å². The number of phenolic OH excluding ortho intramolecular Hbond substituents is 1. The number of aryl methyl sites for hydroxylation is 1. The highest BCUT2D eigenvalue weighted by Crippen LogP contribution is 2.12. The Balaban J connectivity index is 1.79. The van der Waals surface area contributed by atoms with Crippen LogP contribution in [0.25, 0.3) is 0 Å². The lowest BCUT2D eigenvalue weighted by molar-refractivity contribution is 0.240. The fraction of sp³-hybridized carbons (Fsp3) is 0.720. The van der Waals surface area contributed by atoms with Crippen LogP contribution in [0.2, 0.25) is 0 Å². The molecule has 0 aliphatic rings. The molecule has 1 aromatic rings. The van der Waals surface area contributed by atoms with Crippen LogP contribution in [0.15, 0.2) is 24.3 Å². The summed E-state index contributed by atoms with van der Waals surface area (Å²) in [5, 5.41) is 15.2. The maximum Gasteiger partial charge on any atom is 0.314 e. The molecule has 1 rings (SSSR count). The minimum atomic E-state index is -0.0438. The molecule has 3 N–H and O–H groups in total. The molecule has 0 heterocycles. The number of benzene rings is 1. The first-order chi connectivity index (χ1) is 14.2. The van der Waals surface area contributed by atoms with Crippen LogP contribution >= 0.6 is 0 Å². The molecule has 29 heavy (non-hydrogen) atoms. The summed E-state index contributed by atoms with van der Waals surface area (Å²) in [7, 11) is 0.